The molecular weight excluding hydrogens is 1260 g/mol. The quantitative estimate of drug-likeness (QED) is 0.0169. The number of allylic oxidation sites excluding steroid dienone is 14. The van der Waals surface area contributed by atoms with Gasteiger partial charge >= 0.3 is 39.5 Å². The molecule has 0 aromatic rings. The van der Waals surface area contributed by atoms with E-state index in [-0.39, 0.29) is 25.7 Å². The first kappa shape index (κ1) is 92.2. The van der Waals surface area contributed by atoms with E-state index in [1.807, 2.05) is 0 Å². The summed E-state index contributed by atoms with van der Waals surface area (Å²) < 4.78 is 68.3. The Labute approximate surface area is 583 Å². The SMILES string of the molecule is CC/C=C\C/C=C\C/C=C\C/C=C\C/C=C\CCCCCC(=O)OCC(COP(=O)(O)OCC(O)COP(=O)(O)OCC(COC(=O)CCCCCCC/C=C\CCCCCC)OC(=O)CCCCCCCCCCCCC)OC(=O)CCCCCCC/C=C\CCCCCC. The first-order chi connectivity index (χ1) is 46.7. The molecule has 3 N–H and O–H groups in total. The van der Waals surface area contributed by atoms with Crippen LogP contribution in [0.5, 0.6) is 0 Å². The van der Waals surface area contributed by atoms with Crippen LogP contribution >= 0.6 is 15.6 Å². The highest BCUT2D eigenvalue weighted by molar-refractivity contribution is 7.47. The van der Waals surface area contributed by atoms with E-state index in [9.17, 15) is 43.2 Å². The maximum Gasteiger partial charge on any atom is 0.472 e. The van der Waals surface area contributed by atoms with Crippen molar-refractivity contribution in [2.45, 2.75) is 341 Å². The molecule has 19 heteroatoms. The van der Waals surface area contributed by atoms with Crippen LogP contribution in [0.3, 0.4) is 0 Å². The van der Waals surface area contributed by atoms with Crippen molar-refractivity contribution in [1.82, 2.24) is 0 Å². The maximum atomic E-state index is 13.1. The number of carbonyl (C=O) groups is 4. The number of unbranched alkanes of at least 4 members (excludes halogenated alkanes) is 31. The molecule has 17 nitrogen and oxygen atoms in total. The van der Waals surface area contributed by atoms with Crippen molar-refractivity contribution < 1.29 is 80.2 Å². The summed E-state index contributed by atoms with van der Waals surface area (Å²) in [6, 6.07) is 0. The van der Waals surface area contributed by atoms with Gasteiger partial charge in [-0.25, -0.2) is 9.13 Å². The van der Waals surface area contributed by atoms with Gasteiger partial charge in [0.1, 0.15) is 19.3 Å². The molecule has 0 radical (unpaired) electrons. The molecule has 0 heterocycles. The van der Waals surface area contributed by atoms with Crippen LogP contribution in [0.4, 0.5) is 0 Å². The average Bonchev–Trinajstić information content (AvgIpc) is 1.17. The largest absolute Gasteiger partial charge is 0.472 e. The maximum absolute atomic E-state index is 13.1. The zero-order valence-corrected chi connectivity index (χ0v) is 62.3. The second-order valence-corrected chi connectivity index (χ2v) is 28.1. The predicted molar refractivity (Wildman–Crippen MR) is 390 cm³/mol. The van der Waals surface area contributed by atoms with Gasteiger partial charge in [-0.2, -0.15) is 0 Å². The summed E-state index contributed by atoms with van der Waals surface area (Å²) in [6.07, 6.45) is 70.1. The van der Waals surface area contributed by atoms with E-state index >= 15 is 0 Å². The molecule has 0 aromatic carbocycles. The average molecular weight is 1400 g/mol. The highest BCUT2D eigenvalue weighted by Crippen LogP contribution is 2.45. The van der Waals surface area contributed by atoms with Crippen LogP contribution in [-0.2, 0) is 65.4 Å². The van der Waals surface area contributed by atoms with Gasteiger partial charge in [-0.15, -0.1) is 0 Å². The molecular formula is C77H136O17P2. The van der Waals surface area contributed by atoms with Crippen molar-refractivity contribution in [1.29, 1.82) is 0 Å². The van der Waals surface area contributed by atoms with Crippen molar-refractivity contribution in [3.8, 4) is 0 Å². The number of esters is 4. The Balaban J connectivity index is 5.33. The van der Waals surface area contributed by atoms with E-state index in [4.69, 9.17) is 37.0 Å². The number of hydrogen-bond donors (Lipinski definition) is 3. The lowest BCUT2D eigenvalue weighted by Crippen LogP contribution is -2.30. The lowest BCUT2D eigenvalue weighted by Gasteiger charge is -2.21. The molecule has 0 saturated carbocycles. The molecule has 5 unspecified atom stereocenters. The summed E-state index contributed by atoms with van der Waals surface area (Å²) >= 11 is 0. The smallest absolute Gasteiger partial charge is 0.462 e. The van der Waals surface area contributed by atoms with E-state index < -0.39 is 97.5 Å². The molecule has 0 aromatic heterocycles. The van der Waals surface area contributed by atoms with Crippen molar-refractivity contribution in [3.05, 3.63) is 85.1 Å². The van der Waals surface area contributed by atoms with Crippen molar-refractivity contribution >= 4 is 39.5 Å². The molecule has 0 aliphatic heterocycles. The number of phosphoric acid groups is 2. The molecule has 0 amide bonds. The first-order valence-electron chi connectivity index (χ1n) is 37.8. The molecule has 96 heavy (non-hydrogen) atoms. The zero-order chi connectivity index (χ0) is 70.4. The molecule has 0 aliphatic carbocycles. The third-order valence-electron chi connectivity index (χ3n) is 15.8. The number of aliphatic hydroxyl groups is 1. The predicted octanol–water partition coefficient (Wildman–Crippen LogP) is 21.4. The summed E-state index contributed by atoms with van der Waals surface area (Å²) in [6.45, 7) is 4.69. The monoisotopic (exact) mass is 1390 g/mol. The van der Waals surface area contributed by atoms with Gasteiger partial charge in [0.2, 0.25) is 0 Å². The number of ether oxygens (including phenoxy) is 4. The van der Waals surface area contributed by atoms with Gasteiger partial charge < -0.3 is 33.8 Å². The fourth-order valence-corrected chi connectivity index (χ4v) is 11.6. The molecule has 0 saturated heterocycles. The second-order valence-electron chi connectivity index (χ2n) is 25.2. The normalized spacial score (nSPS) is 14.4. The first-order valence-corrected chi connectivity index (χ1v) is 40.8. The van der Waals surface area contributed by atoms with Gasteiger partial charge in [0.25, 0.3) is 0 Å². The highest BCUT2D eigenvalue weighted by Gasteiger charge is 2.30. The van der Waals surface area contributed by atoms with Crippen LogP contribution in [0.25, 0.3) is 0 Å². The summed E-state index contributed by atoms with van der Waals surface area (Å²) in [5.74, 6) is -2.21. The topological polar surface area (TPSA) is 237 Å². The van der Waals surface area contributed by atoms with E-state index in [1.165, 1.54) is 89.9 Å². The second kappa shape index (κ2) is 69.7. The summed E-state index contributed by atoms with van der Waals surface area (Å²) in [5.41, 5.74) is 0. The van der Waals surface area contributed by atoms with Gasteiger partial charge in [-0.05, 0) is 122 Å². The lowest BCUT2D eigenvalue weighted by atomic mass is 10.1. The Morgan fingerprint density at radius 1 is 0.302 bits per heavy atom. The third kappa shape index (κ3) is 68.8. The van der Waals surface area contributed by atoms with Crippen LogP contribution in [-0.4, -0.2) is 96.7 Å². The molecule has 0 bridgehead atoms. The summed E-state index contributed by atoms with van der Waals surface area (Å²) in [5, 5.41) is 10.6. The lowest BCUT2D eigenvalue weighted by molar-refractivity contribution is -0.161. The summed E-state index contributed by atoms with van der Waals surface area (Å²) in [7, 11) is -9.95. The minimum atomic E-state index is -4.98. The van der Waals surface area contributed by atoms with E-state index in [0.717, 1.165) is 154 Å². The van der Waals surface area contributed by atoms with Crippen LogP contribution in [0.15, 0.2) is 85.1 Å². The Hall–Kier alpha value is -3.76. The van der Waals surface area contributed by atoms with Crippen molar-refractivity contribution in [2.75, 3.05) is 39.6 Å². The van der Waals surface area contributed by atoms with E-state index in [2.05, 4.69) is 113 Å². The van der Waals surface area contributed by atoms with Crippen LogP contribution in [0.2, 0.25) is 0 Å². The van der Waals surface area contributed by atoms with Crippen molar-refractivity contribution in [2.24, 2.45) is 0 Å². The number of rotatable bonds is 71. The number of aliphatic hydroxyl groups excluding tert-OH is 1. The van der Waals surface area contributed by atoms with Gasteiger partial charge in [-0.1, -0.05) is 260 Å². The Morgan fingerprint density at radius 3 is 0.865 bits per heavy atom. The van der Waals surface area contributed by atoms with Crippen LogP contribution in [0.1, 0.15) is 323 Å². The van der Waals surface area contributed by atoms with Gasteiger partial charge in [0.05, 0.1) is 26.4 Å². The van der Waals surface area contributed by atoms with Gasteiger partial charge in [0, 0.05) is 25.7 Å². The Morgan fingerprint density at radius 2 is 0.542 bits per heavy atom. The molecule has 556 valence electrons. The Bertz CT molecular complexity index is 2160. The fraction of sp³-hybridized carbons (Fsp3) is 0.766. The number of phosphoric ester groups is 2. The highest BCUT2D eigenvalue weighted by atomic mass is 31.2. The molecule has 0 rings (SSSR count). The van der Waals surface area contributed by atoms with Crippen molar-refractivity contribution in [3.63, 3.8) is 0 Å². The van der Waals surface area contributed by atoms with Gasteiger partial charge in [-0.3, -0.25) is 37.3 Å². The number of carbonyl (C=O) groups excluding carboxylic acids is 4. The molecule has 0 spiro atoms. The van der Waals surface area contributed by atoms with Crippen LogP contribution in [0, 0.1) is 0 Å². The van der Waals surface area contributed by atoms with E-state index in [1.54, 1.807) is 0 Å². The Kier molecular flexibility index (Phi) is 67.0. The minimum Gasteiger partial charge on any atom is -0.462 e. The van der Waals surface area contributed by atoms with Gasteiger partial charge in [0.15, 0.2) is 12.2 Å². The fourth-order valence-electron chi connectivity index (χ4n) is 10.1. The third-order valence-corrected chi connectivity index (χ3v) is 17.7. The number of hydrogen-bond acceptors (Lipinski definition) is 15. The van der Waals surface area contributed by atoms with Crippen LogP contribution < -0.4 is 0 Å². The minimum absolute atomic E-state index is 0.0782. The molecule has 0 aliphatic rings. The van der Waals surface area contributed by atoms with E-state index in [0.29, 0.717) is 25.7 Å². The molecule has 0 fully saturated rings. The standard InChI is InChI=1S/C77H136O17P2/c1-5-9-13-17-21-25-29-32-33-34-35-36-37-40-43-46-50-54-58-62-75(80)88-68-73(94-77(82)64-60-56-52-48-44-39-31-27-23-19-15-11-7-3)70-92-96(85,86)90-66-71(78)65-89-95(83,84)91-69-72(93-76(81)63-59-55-51-47-41-28-24-20-16-12-8-4)67-87-74(79)61-57-53-49-45-42-38-30-26-22-18-14-10-6-2/h9,13,21,25-27,30-33,35-36,40,43,71-73,78H,5-8,10-12,14-20,22-24,28-29,34,37-39,41-42,44-70H2,1-4H3,(H,83,84)(H,85,86)/b13-9-,25-21-,30-26-,31-27-,33-32-,36-35-,43-40-. The molecule has 5 atom stereocenters. The summed E-state index contributed by atoms with van der Waals surface area (Å²) in [4.78, 5) is 72.7. The zero-order valence-electron chi connectivity index (χ0n) is 60.5.